The minimum Gasteiger partial charge on any atom is -0.458 e. The molecule has 0 saturated carbocycles. The van der Waals surface area contributed by atoms with E-state index in [4.69, 9.17) is 4.42 Å². The van der Waals surface area contributed by atoms with Crippen molar-refractivity contribution in [3.05, 3.63) is 35.6 Å². The lowest BCUT2D eigenvalue weighted by Gasteiger charge is -2.28. The summed E-state index contributed by atoms with van der Waals surface area (Å²) in [6.07, 6.45) is 0.199. The molecular weight excluding hydrogens is 236 g/mol. The molecule has 0 aliphatic heterocycles. The zero-order valence-electron chi connectivity index (χ0n) is 12.5. The highest BCUT2D eigenvalue weighted by atomic mass is 16.4. The van der Waals surface area contributed by atoms with Gasteiger partial charge in [0.25, 0.3) is 0 Å². The Morgan fingerprint density at radius 2 is 1.89 bits per heavy atom. The van der Waals surface area contributed by atoms with E-state index in [2.05, 4.69) is 40.7 Å². The van der Waals surface area contributed by atoms with Crippen molar-refractivity contribution in [1.29, 1.82) is 0 Å². The van der Waals surface area contributed by atoms with Crippen LogP contribution in [0.15, 0.2) is 28.7 Å². The van der Waals surface area contributed by atoms with Crippen LogP contribution in [-0.2, 0) is 0 Å². The van der Waals surface area contributed by atoms with Crippen LogP contribution in [0, 0.1) is 18.3 Å². The molecule has 0 aliphatic rings. The minimum atomic E-state index is -0.526. The molecule has 1 heterocycles. The summed E-state index contributed by atoms with van der Waals surface area (Å²) in [7, 11) is 0. The number of benzene rings is 1. The second-order valence-electron chi connectivity index (χ2n) is 6.71. The maximum atomic E-state index is 10.3. The van der Waals surface area contributed by atoms with E-state index >= 15 is 0 Å². The number of hydrogen-bond donors (Lipinski definition) is 1. The van der Waals surface area contributed by atoms with E-state index in [0.717, 1.165) is 17.4 Å². The van der Waals surface area contributed by atoms with Gasteiger partial charge in [-0.05, 0) is 42.9 Å². The quantitative estimate of drug-likeness (QED) is 0.856. The smallest absolute Gasteiger partial charge is 0.134 e. The van der Waals surface area contributed by atoms with Gasteiger partial charge in [-0.15, -0.1) is 0 Å². The Hall–Kier alpha value is -1.28. The van der Waals surface area contributed by atoms with E-state index in [1.165, 1.54) is 5.56 Å². The predicted octanol–water partition coefficient (Wildman–Crippen LogP) is 4.85. The van der Waals surface area contributed by atoms with E-state index in [-0.39, 0.29) is 5.41 Å². The van der Waals surface area contributed by atoms with Crippen molar-refractivity contribution in [2.75, 3.05) is 0 Å². The number of fused-ring (bicyclic) bond motifs is 1. The summed E-state index contributed by atoms with van der Waals surface area (Å²) in [6.45, 7) is 10.8. The van der Waals surface area contributed by atoms with Crippen molar-refractivity contribution in [3.8, 4) is 0 Å². The minimum absolute atomic E-state index is 0.198. The first kappa shape index (κ1) is 14.1. The van der Waals surface area contributed by atoms with Crippen molar-refractivity contribution in [2.45, 2.75) is 47.1 Å². The van der Waals surface area contributed by atoms with E-state index in [0.29, 0.717) is 11.7 Å². The van der Waals surface area contributed by atoms with Gasteiger partial charge in [-0.25, -0.2) is 0 Å². The molecule has 2 nitrogen and oxygen atoms in total. The molecule has 2 heteroatoms. The predicted molar refractivity (Wildman–Crippen MR) is 79.1 cm³/mol. The molecule has 2 aromatic rings. The van der Waals surface area contributed by atoms with Gasteiger partial charge in [0.05, 0.1) is 0 Å². The highest BCUT2D eigenvalue weighted by Crippen LogP contribution is 2.34. The van der Waals surface area contributed by atoms with Crippen LogP contribution in [-0.4, -0.2) is 5.11 Å². The second-order valence-corrected chi connectivity index (χ2v) is 6.71. The largest absolute Gasteiger partial charge is 0.458 e. The van der Waals surface area contributed by atoms with Crippen LogP contribution >= 0.6 is 0 Å². The molecule has 0 saturated heterocycles. The third kappa shape index (κ3) is 3.19. The number of aliphatic hydroxyl groups is 1. The second kappa shape index (κ2) is 5.01. The van der Waals surface area contributed by atoms with Gasteiger partial charge in [0.2, 0.25) is 0 Å². The summed E-state index contributed by atoms with van der Waals surface area (Å²) in [4.78, 5) is 0. The van der Waals surface area contributed by atoms with Crippen molar-refractivity contribution in [3.63, 3.8) is 0 Å². The molecule has 2 atom stereocenters. The molecule has 2 rings (SSSR count). The van der Waals surface area contributed by atoms with Crippen molar-refractivity contribution < 1.29 is 9.52 Å². The molecule has 0 amide bonds. The summed E-state index contributed by atoms with van der Waals surface area (Å²) in [6, 6.07) is 8.04. The maximum absolute atomic E-state index is 10.3. The van der Waals surface area contributed by atoms with Crippen LogP contribution in [0.4, 0.5) is 0 Å². The van der Waals surface area contributed by atoms with Crippen molar-refractivity contribution >= 4 is 11.0 Å². The van der Waals surface area contributed by atoms with E-state index in [9.17, 15) is 5.11 Å². The normalized spacial score (nSPS) is 15.7. The van der Waals surface area contributed by atoms with Crippen LogP contribution < -0.4 is 0 Å². The summed E-state index contributed by atoms with van der Waals surface area (Å²) in [5, 5.41) is 11.4. The Morgan fingerprint density at radius 1 is 1.21 bits per heavy atom. The Bertz CT molecular complexity index is 560. The standard InChI is InChI=1S/C17H24O2/c1-11-6-7-15-13(8-11)10-16(19-15)14(18)9-12(2)17(3,4)5/h6-8,10,12,14,18H,9H2,1-5H3. The zero-order valence-corrected chi connectivity index (χ0v) is 12.5. The average molecular weight is 260 g/mol. The molecule has 1 aromatic heterocycles. The lowest BCUT2D eigenvalue weighted by atomic mass is 9.79. The maximum Gasteiger partial charge on any atom is 0.134 e. The SMILES string of the molecule is Cc1ccc2oc(C(O)CC(C)C(C)(C)C)cc2c1. The molecule has 0 aliphatic carbocycles. The third-order valence-corrected chi connectivity index (χ3v) is 4.07. The van der Waals surface area contributed by atoms with Crippen LogP contribution in [0.1, 0.15) is 51.5 Å². The Morgan fingerprint density at radius 3 is 2.53 bits per heavy atom. The third-order valence-electron chi connectivity index (χ3n) is 4.07. The molecule has 1 N–H and O–H groups in total. The van der Waals surface area contributed by atoms with E-state index in [1.807, 2.05) is 18.2 Å². The van der Waals surface area contributed by atoms with Gasteiger partial charge < -0.3 is 9.52 Å². The van der Waals surface area contributed by atoms with Gasteiger partial charge in [-0.1, -0.05) is 39.3 Å². The van der Waals surface area contributed by atoms with Gasteiger partial charge >= 0.3 is 0 Å². The molecular formula is C17H24O2. The molecule has 0 radical (unpaired) electrons. The number of rotatable bonds is 3. The monoisotopic (exact) mass is 260 g/mol. The number of aryl methyl sites for hydroxylation is 1. The first-order valence-electron chi connectivity index (χ1n) is 6.95. The number of furan rings is 1. The van der Waals surface area contributed by atoms with Gasteiger partial charge in [-0.2, -0.15) is 0 Å². The van der Waals surface area contributed by atoms with Crippen molar-refractivity contribution in [1.82, 2.24) is 0 Å². The van der Waals surface area contributed by atoms with Crippen LogP contribution in [0.2, 0.25) is 0 Å². The molecule has 104 valence electrons. The van der Waals surface area contributed by atoms with Gasteiger partial charge in [-0.3, -0.25) is 0 Å². The average Bonchev–Trinajstić information content (AvgIpc) is 2.70. The fraction of sp³-hybridized carbons (Fsp3) is 0.529. The lowest BCUT2D eigenvalue weighted by Crippen LogP contribution is -2.19. The van der Waals surface area contributed by atoms with Crippen LogP contribution in [0.5, 0.6) is 0 Å². The molecule has 19 heavy (non-hydrogen) atoms. The molecule has 0 spiro atoms. The fourth-order valence-electron chi connectivity index (χ4n) is 2.15. The number of aliphatic hydroxyl groups excluding tert-OH is 1. The first-order valence-corrected chi connectivity index (χ1v) is 6.95. The Balaban J connectivity index is 2.20. The Kier molecular flexibility index (Phi) is 3.73. The van der Waals surface area contributed by atoms with Gasteiger partial charge in [0.15, 0.2) is 0 Å². The molecule has 1 aromatic carbocycles. The van der Waals surface area contributed by atoms with Crippen LogP contribution in [0.25, 0.3) is 11.0 Å². The summed E-state index contributed by atoms with van der Waals surface area (Å²) < 4.78 is 5.75. The topological polar surface area (TPSA) is 33.4 Å². The fourth-order valence-corrected chi connectivity index (χ4v) is 2.15. The van der Waals surface area contributed by atoms with E-state index < -0.39 is 6.10 Å². The van der Waals surface area contributed by atoms with E-state index in [1.54, 1.807) is 0 Å². The molecule has 0 bridgehead atoms. The highest BCUT2D eigenvalue weighted by Gasteiger charge is 2.25. The summed E-state index contributed by atoms with van der Waals surface area (Å²) in [5.74, 6) is 1.11. The summed E-state index contributed by atoms with van der Waals surface area (Å²) in [5.41, 5.74) is 2.25. The summed E-state index contributed by atoms with van der Waals surface area (Å²) >= 11 is 0. The lowest BCUT2D eigenvalue weighted by molar-refractivity contribution is 0.0939. The zero-order chi connectivity index (χ0) is 14.2. The molecule has 2 unspecified atom stereocenters. The molecule has 0 fully saturated rings. The number of hydrogen-bond acceptors (Lipinski definition) is 2. The van der Waals surface area contributed by atoms with Crippen molar-refractivity contribution in [2.24, 2.45) is 11.3 Å². The Labute approximate surface area is 115 Å². The van der Waals surface area contributed by atoms with Crippen LogP contribution in [0.3, 0.4) is 0 Å². The first-order chi connectivity index (χ1) is 8.77. The van der Waals surface area contributed by atoms with Gasteiger partial charge in [0.1, 0.15) is 17.4 Å². The highest BCUT2D eigenvalue weighted by molar-refractivity contribution is 5.78. The van der Waals surface area contributed by atoms with Gasteiger partial charge in [0, 0.05) is 5.39 Å².